The highest BCUT2D eigenvalue weighted by atomic mass is 19.4. The van der Waals surface area contributed by atoms with Gasteiger partial charge in [-0.3, -0.25) is 19.5 Å². The van der Waals surface area contributed by atoms with E-state index in [1.807, 2.05) is 52.9 Å². The van der Waals surface area contributed by atoms with Gasteiger partial charge in [-0.2, -0.15) is 13.2 Å². The van der Waals surface area contributed by atoms with Crippen molar-refractivity contribution in [3.8, 4) is 11.6 Å². The monoisotopic (exact) mass is 808 g/mol. The van der Waals surface area contributed by atoms with E-state index in [1.165, 1.54) is 18.1 Å². The normalized spacial score (nSPS) is 12.6. The summed E-state index contributed by atoms with van der Waals surface area (Å²) in [5, 5.41) is 30.4. The van der Waals surface area contributed by atoms with E-state index in [1.54, 1.807) is 24.4 Å². The highest BCUT2D eigenvalue weighted by Crippen LogP contribution is 2.30. The van der Waals surface area contributed by atoms with Crippen molar-refractivity contribution >= 4 is 52.3 Å². The van der Waals surface area contributed by atoms with Gasteiger partial charge < -0.3 is 39.5 Å². The minimum atomic E-state index is -4.48. The summed E-state index contributed by atoms with van der Waals surface area (Å²) in [6.45, 7) is 3.57. The molecule has 2 aromatic carbocycles. The van der Waals surface area contributed by atoms with Crippen molar-refractivity contribution in [2.24, 2.45) is 7.05 Å². The van der Waals surface area contributed by atoms with Crippen molar-refractivity contribution in [2.75, 3.05) is 38.1 Å². The zero-order valence-corrected chi connectivity index (χ0v) is 30.7. The molecule has 20 heteroatoms. The molecular formula is C38H35F3N6O11. The number of nitrogens with zero attached hydrogens (tertiary/aromatic N) is 6. The van der Waals surface area contributed by atoms with Crippen LogP contribution < -0.4 is 9.64 Å². The molecule has 1 aliphatic rings. The Balaban J connectivity index is 0.000000542. The second-order valence-corrected chi connectivity index (χ2v) is 12.3. The Hall–Kier alpha value is -7.35. The number of piperazine rings is 1. The molecule has 304 valence electrons. The minimum Gasteiger partial charge on any atom is -0.473 e. The molecule has 4 N–H and O–H groups in total. The number of aromatic nitrogens is 3. The fraction of sp³-hybridized carbons (Fsp3) is 0.211. The van der Waals surface area contributed by atoms with Gasteiger partial charge in [0.15, 0.2) is 0 Å². The van der Waals surface area contributed by atoms with Crippen molar-refractivity contribution in [3.63, 3.8) is 0 Å². The molecule has 0 unspecified atom stereocenters. The predicted molar refractivity (Wildman–Crippen MR) is 197 cm³/mol. The summed E-state index contributed by atoms with van der Waals surface area (Å²) in [6.07, 6.45) is -1.24. The van der Waals surface area contributed by atoms with Gasteiger partial charge in [-0.1, -0.05) is 6.07 Å². The largest absolute Gasteiger partial charge is 0.473 e. The summed E-state index contributed by atoms with van der Waals surface area (Å²) in [5.74, 6) is -6.99. The Morgan fingerprint density at radius 1 is 0.776 bits per heavy atom. The molecule has 0 aliphatic carbocycles. The molecule has 0 spiro atoms. The van der Waals surface area contributed by atoms with Crippen LogP contribution >= 0.6 is 0 Å². The number of aryl methyl sites for hydroxylation is 1. The first kappa shape index (κ1) is 43.4. The van der Waals surface area contributed by atoms with Crippen LogP contribution in [0.3, 0.4) is 0 Å². The third kappa shape index (κ3) is 11.6. The number of benzene rings is 2. The maximum Gasteiger partial charge on any atom is 0.416 e. The number of rotatable bonds is 7. The number of hydrogen-bond acceptors (Lipinski definition) is 10. The molecule has 6 rings (SSSR count). The Morgan fingerprint density at radius 2 is 1.40 bits per heavy atom. The topological polar surface area (TPSA) is 233 Å². The molecule has 1 fully saturated rings. The molecule has 3 aromatic heterocycles. The van der Waals surface area contributed by atoms with Gasteiger partial charge in [0.25, 0.3) is 11.8 Å². The van der Waals surface area contributed by atoms with Crippen molar-refractivity contribution in [2.45, 2.75) is 12.7 Å². The predicted octanol–water partition coefficient (Wildman–Crippen LogP) is 4.33. The Kier molecular flexibility index (Phi) is 14.2. The molecule has 0 radical (unpaired) electrons. The summed E-state index contributed by atoms with van der Waals surface area (Å²) < 4.78 is 46.4. The number of fused-ring (bicyclic) bond motifs is 1. The zero-order valence-electron chi connectivity index (χ0n) is 30.7. The zero-order chi connectivity index (χ0) is 42.7. The fourth-order valence-corrected chi connectivity index (χ4v) is 5.45. The van der Waals surface area contributed by atoms with E-state index in [4.69, 9.17) is 44.3 Å². The quantitative estimate of drug-likeness (QED) is 0.168. The van der Waals surface area contributed by atoms with Crippen molar-refractivity contribution < 1.29 is 67.1 Å². The number of ether oxygens (including phenoxy) is 1. The number of amides is 2. The van der Waals surface area contributed by atoms with Gasteiger partial charge >= 0.3 is 30.1 Å². The lowest BCUT2D eigenvalue weighted by Gasteiger charge is -2.34. The highest BCUT2D eigenvalue weighted by Gasteiger charge is 2.30. The van der Waals surface area contributed by atoms with Crippen LogP contribution in [0.4, 0.5) is 18.9 Å². The standard InChI is InChI=1S/C34H31F3N6O3.2C2H2O4/c1-40(32(44)23-6-8-25(9-7-23)34(35,36)37)27-10-13-31(39-21-27)46-28-11-12-29-24(19-28)20-30(41(29)2)33(45)43-17-15-42(16-18-43)22-26-5-3-4-14-38-26;2*3-1(4)2(5)6/h3-14,19-21H,15-18,22H2,1-2H3;2*(H,3,4)(H,5,6). The van der Waals surface area contributed by atoms with Crippen LogP contribution in [0.15, 0.2) is 91.3 Å². The maximum atomic E-state index is 13.5. The van der Waals surface area contributed by atoms with Gasteiger partial charge in [-0.25, -0.2) is 24.2 Å². The number of carbonyl (C=O) groups excluding carboxylic acids is 2. The molecule has 1 saturated heterocycles. The lowest BCUT2D eigenvalue weighted by atomic mass is 10.1. The number of pyridine rings is 2. The van der Waals surface area contributed by atoms with E-state index in [0.29, 0.717) is 30.2 Å². The second-order valence-electron chi connectivity index (χ2n) is 12.3. The fourth-order valence-electron chi connectivity index (χ4n) is 5.45. The van der Waals surface area contributed by atoms with E-state index in [9.17, 15) is 22.8 Å². The van der Waals surface area contributed by atoms with Crippen LogP contribution in [0.25, 0.3) is 10.9 Å². The minimum absolute atomic E-state index is 0.0223. The first-order chi connectivity index (χ1) is 27.3. The van der Waals surface area contributed by atoms with Crippen molar-refractivity contribution in [1.82, 2.24) is 24.3 Å². The molecular weight excluding hydrogens is 773 g/mol. The number of aliphatic carboxylic acids is 4. The number of carbonyl (C=O) groups is 6. The average Bonchev–Trinajstić information content (AvgIpc) is 3.53. The molecule has 5 aromatic rings. The molecule has 4 heterocycles. The van der Waals surface area contributed by atoms with Crippen LogP contribution in [-0.2, 0) is 38.9 Å². The van der Waals surface area contributed by atoms with Crippen molar-refractivity contribution in [3.05, 3.63) is 114 Å². The molecule has 0 bridgehead atoms. The Morgan fingerprint density at radius 3 is 1.91 bits per heavy atom. The van der Waals surface area contributed by atoms with Crippen LogP contribution in [-0.4, -0.2) is 114 Å². The number of carboxylic acids is 4. The molecule has 0 saturated carbocycles. The van der Waals surface area contributed by atoms with Gasteiger partial charge in [-0.15, -0.1) is 0 Å². The number of carboxylic acid groups (broad SMARTS) is 4. The summed E-state index contributed by atoms with van der Waals surface area (Å²) in [7, 11) is 3.39. The van der Waals surface area contributed by atoms with E-state index >= 15 is 0 Å². The van der Waals surface area contributed by atoms with Crippen LogP contribution in [0.2, 0.25) is 0 Å². The van der Waals surface area contributed by atoms with Gasteiger partial charge in [0, 0.05) is 75.5 Å². The maximum absolute atomic E-state index is 13.5. The molecule has 17 nitrogen and oxygen atoms in total. The van der Waals surface area contributed by atoms with Crippen LogP contribution in [0.1, 0.15) is 32.1 Å². The van der Waals surface area contributed by atoms with E-state index in [-0.39, 0.29) is 17.4 Å². The van der Waals surface area contributed by atoms with E-state index < -0.39 is 41.5 Å². The molecule has 58 heavy (non-hydrogen) atoms. The van der Waals surface area contributed by atoms with Gasteiger partial charge in [0.1, 0.15) is 11.4 Å². The lowest BCUT2D eigenvalue weighted by Crippen LogP contribution is -2.48. The SMILES string of the molecule is CN(C(=O)c1ccc(C(F)(F)F)cc1)c1ccc(Oc2ccc3c(c2)cc(C(=O)N2CCN(Cc4ccccn4)CC2)n3C)nc1.O=C(O)C(=O)O.O=C(O)C(=O)O. The van der Waals surface area contributed by atoms with Crippen LogP contribution in [0, 0.1) is 0 Å². The number of halogens is 3. The average molecular weight is 809 g/mol. The van der Waals surface area contributed by atoms with E-state index in [0.717, 1.165) is 60.5 Å². The van der Waals surface area contributed by atoms with Crippen LogP contribution in [0.5, 0.6) is 11.6 Å². The number of hydrogen-bond donors (Lipinski definition) is 4. The molecule has 1 aliphatic heterocycles. The Bertz CT molecular complexity index is 2230. The molecule has 2 amide bonds. The molecule has 0 atom stereocenters. The number of alkyl halides is 3. The second kappa shape index (κ2) is 19.0. The van der Waals surface area contributed by atoms with Crippen molar-refractivity contribution in [1.29, 1.82) is 0 Å². The van der Waals surface area contributed by atoms with Gasteiger partial charge in [0.2, 0.25) is 5.88 Å². The first-order valence-corrected chi connectivity index (χ1v) is 16.9. The summed E-state index contributed by atoms with van der Waals surface area (Å²) in [4.78, 5) is 76.9. The summed E-state index contributed by atoms with van der Waals surface area (Å²) in [6, 6.07) is 20.6. The smallest absolute Gasteiger partial charge is 0.416 e. The Labute approximate surface area is 326 Å². The summed E-state index contributed by atoms with van der Waals surface area (Å²) >= 11 is 0. The third-order valence-corrected chi connectivity index (χ3v) is 8.46. The first-order valence-electron chi connectivity index (χ1n) is 16.9. The van der Waals surface area contributed by atoms with E-state index in [2.05, 4.69) is 14.9 Å². The lowest BCUT2D eigenvalue weighted by molar-refractivity contribution is -0.159. The van der Waals surface area contributed by atoms with Gasteiger partial charge in [-0.05, 0) is 66.7 Å². The highest BCUT2D eigenvalue weighted by molar-refractivity contribution is 6.27. The van der Waals surface area contributed by atoms with Gasteiger partial charge in [0.05, 0.1) is 23.1 Å². The number of anilines is 1. The third-order valence-electron chi connectivity index (χ3n) is 8.46. The summed E-state index contributed by atoms with van der Waals surface area (Å²) in [5.41, 5.74) is 2.23.